The van der Waals surface area contributed by atoms with E-state index in [1.54, 1.807) is 0 Å². The molecule has 1 aromatic heterocycles. The lowest BCUT2D eigenvalue weighted by molar-refractivity contribution is 0.0628. The number of ether oxygens (including phenoxy) is 1. The van der Waals surface area contributed by atoms with Crippen molar-refractivity contribution in [3.8, 4) is 5.75 Å². The molecule has 5 nitrogen and oxygen atoms in total. The van der Waals surface area contributed by atoms with Crippen LogP contribution in [-0.2, 0) is 6.54 Å². The van der Waals surface area contributed by atoms with Crippen molar-refractivity contribution >= 4 is 5.91 Å². The molecular formula is C23H31N3O2. The summed E-state index contributed by atoms with van der Waals surface area (Å²) in [5.41, 5.74) is 2.00. The normalized spacial score (nSPS) is 14.8. The first-order valence-corrected chi connectivity index (χ1v) is 10.4. The molecule has 0 N–H and O–H groups in total. The quantitative estimate of drug-likeness (QED) is 0.616. The van der Waals surface area contributed by atoms with Gasteiger partial charge in [0.25, 0.3) is 5.91 Å². The highest BCUT2D eigenvalue weighted by atomic mass is 16.5. The van der Waals surface area contributed by atoms with Gasteiger partial charge in [-0.25, -0.2) is 0 Å². The third kappa shape index (κ3) is 6.06. The molecule has 0 spiro atoms. The molecule has 5 heteroatoms. The van der Waals surface area contributed by atoms with Gasteiger partial charge in [-0.2, -0.15) is 0 Å². The fourth-order valence-electron chi connectivity index (χ4n) is 3.45. The highest BCUT2D eigenvalue weighted by Gasteiger charge is 2.22. The second kappa shape index (κ2) is 10.8. The summed E-state index contributed by atoms with van der Waals surface area (Å²) in [4.78, 5) is 21.2. The topological polar surface area (TPSA) is 45.7 Å². The second-order valence-electron chi connectivity index (χ2n) is 7.36. The van der Waals surface area contributed by atoms with Gasteiger partial charge in [0.1, 0.15) is 5.75 Å². The minimum absolute atomic E-state index is 0.109. The third-order valence-electron chi connectivity index (χ3n) is 5.18. The Labute approximate surface area is 168 Å². The molecule has 0 atom stereocenters. The number of benzene rings is 1. The Kier molecular flexibility index (Phi) is 7.85. The SMILES string of the molecule is CCCCCCOc1ccc(C(=O)N2CCN(Cc3ccncc3)CC2)cc1. The number of pyridine rings is 1. The summed E-state index contributed by atoms with van der Waals surface area (Å²) >= 11 is 0. The maximum absolute atomic E-state index is 12.8. The van der Waals surface area contributed by atoms with Crippen LogP contribution in [0, 0.1) is 0 Å². The maximum Gasteiger partial charge on any atom is 0.253 e. The molecular weight excluding hydrogens is 350 g/mol. The smallest absolute Gasteiger partial charge is 0.253 e. The van der Waals surface area contributed by atoms with E-state index in [2.05, 4.69) is 16.8 Å². The Balaban J connectivity index is 1.43. The predicted molar refractivity (Wildman–Crippen MR) is 111 cm³/mol. The first kappa shape index (κ1) is 20.3. The highest BCUT2D eigenvalue weighted by Crippen LogP contribution is 2.16. The van der Waals surface area contributed by atoms with E-state index in [-0.39, 0.29) is 5.91 Å². The summed E-state index contributed by atoms with van der Waals surface area (Å²) in [5, 5.41) is 0. The van der Waals surface area contributed by atoms with Crippen LogP contribution in [0.15, 0.2) is 48.8 Å². The summed E-state index contributed by atoms with van der Waals surface area (Å²) in [5.74, 6) is 0.952. The van der Waals surface area contributed by atoms with Crippen LogP contribution in [0.25, 0.3) is 0 Å². The molecule has 3 rings (SSSR count). The number of amides is 1. The van der Waals surface area contributed by atoms with Crippen LogP contribution >= 0.6 is 0 Å². The van der Waals surface area contributed by atoms with Gasteiger partial charge in [-0.05, 0) is 48.4 Å². The van der Waals surface area contributed by atoms with E-state index >= 15 is 0 Å². The lowest BCUT2D eigenvalue weighted by Gasteiger charge is -2.34. The van der Waals surface area contributed by atoms with Gasteiger partial charge in [0.05, 0.1) is 6.61 Å². The van der Waals surface area contributed by atoms with Crippen LogP contribution in [0.4, 0.5) is 0 Å². The molecule has 1 aliphatic heterocycles. The number of hydrogen-bond acceptors (Lipinski definition) is 4. The van der Waals surface area contributed by atoms with Crippen molar-refractivity contribution in [1.29, 1.82) is 0 Å². The van der Waals surface area contributed by atoms with Crippen molar-refractivity contribution in [3.05, 3.63) is 59.9 Å². The molecule has 0 saturated carbocycles. The maximum atomic E-state index is 12.8. The molecule has 28 heavy (non-hydrogen) atoms. The van der Waals surface area contributed by atoms with Crippen molar-refractivity contribution in [2.24, 2.45) is 0 Å². The fraction of sp³-hybridized carbons (Fsp3) is 0.478. The first-order chi connectivity index (χ1) is 13.8. The summed E-state index contributed by atoms with van der Waals surface area (Å²) in [6.45, 7) is 7.18. The zero-order valence-corrected chi connectivity index (χ0v) is 16.8. The van der Waals surface area contributed by atoms with E-state index in [4.69, 9.17) is 4.74 Å². The number of piperazine rings is 1. The summed E-state index contributed by atoms with van der Waals surface area (Å²) in [6, 6.07) is 11.7. The zero-order valence-electron chi connectivity index (χ0n) is 16.8. The van der Waals surface area contributed by atoms with Gasteiger partial charge in [0.2, 0.25) is 0 Å². The molecule has 1 saturated heterocycles. The number of hydrogen-bond donors (Lipinski definition) is 0. The van der Waals surface area contributed by atoms with Crippen LogP contribution in [-0.4, -0.2) is 53.5 Å². The number of rotatable bonds is 9. The molecule has 0 aliphatic carbocycles. The number of carbonyl (C=O) groups is 1. The molecule has 0 unspecified atom stereocenters. The number of carbonyl (C=O) groups excluding carboxylic acids is 1. The standard InChI is InChI=1S/C23H31N3O2/c1-2-3-4-5-18-28-22-8-6-21(7-9-22)23(27)26-16-14-25(15-17-26)19-20-10-12-24-13-11-20/h6-13H,2-5,14-19H2,1H3. The molecule has 0 radical (unpaired) electrons. The summed E-state index contributed by atoms with van der Waals surface area (Å²) < 4.78 is 5.77. The van der Waals surface area contributed by atoms with Crippen LogP contribution in [0.1, 0.15) is 48.5 Å². The van der Waals surface area contributed by atoms with E-state index in [9.17, 15) is 4.79 Å². The molecule has 1 aliphatic rings. The van der Waals surface area contributed by atoms with E-state index in [1.807, 2.05) is 53.7 Å². The summed E-state index contributed by atoms with van der Waals surface area (Å²) in [6.07, 6.45) is 8.43. The van der Waals surface area contributed by atoms with Crippen LogP contribution < -0.4 is 4.74 Å². The zero-order chi connectivity index (χ0) is 19.6. The fourth-order valence-corrected chi connectivity index (χ4v) is 3.45. The molecule has 2 aromatic rings. The van der Waals surface area contributed by atoms with E-state index in [0.717, 1.165) is 57.1 Å². The number of aromatic nitrogens is 1. The lowest BCUT2D eigenvalue weighted by atomic mass is 10.1. The Morgan fingerprint density at radius 1 is 0.964 bits per heavy atom. The summed E-state index contributed by atoms with van der Waals surface area (Å²) in [7, 11) is 0. The minimum atomic E-state index is 0.109. The van der Waals surface area contributed by atoms with Gasteiger partial charge in [-0.15, -0.1) is 0 Å². The molecule has 1 aromatic carbocycles. The van der Waals surface area contributed by atoms with Gasteiger partial charge < -0.3 is 9.64 Å². The highest BCUT2D eigenvalue weighted by molar-refractivity contribution is 5.94. The van der Waals surface area contributed by atoms with Crippen molar-refractivity contribution < 1.29 is 9.53 Å². The Morgan fingerprint density at radius 3 is 2.36 bits per heavy atom. The molecule has 150 valence electrons. The Hall–Kier alpha value is -2.40. The molecule has 0 bridgehead atoms. The second-order valence-corrected chi connectivity index (χ2v) is 7.36. The molecule has 1 fully saturated rings. The third-order valence-corrected chi connectivity index (χ3v) is 5.18. The van der Waals surface area contributed by atoms with Gasteiger partial charge in [-0.1, -0.05) is 26.2 Å². The van der Waals surface area contributed by atoms with Gasteiger partial charge >= 0.3 is 0 Å². The van der Waals surface area contributed by atoms with Crippen molar-refractivity contribution in [3.63, 3.8) is 0 Å². The van der Waals surface area contributed by atoms with Crippen molar-refractivity contribution in [2.75, 3.05) is 32.8 Å². The van der Waals surface area contributed by atoms with Gasteiger partial charge in [-0.3, -0.25) is 14.7 Å². The van der Waals surface area contributed by atoms with Gasteiger partial charge in [0, 0.05) is 50.7 Å². The van der Waals surface area contributed by atoms with Crippen LogP contribution in [0.5, 0.6) is 5.75 Å². The van der Waals surface area contributed by atoms with Crippen molar-refractivity contribution in [1.82, 2.24) is 14.8 Å². The van der Waals surface area contributed by atoms with Gasteiger partial charge in [0.15, 0.2) is 0 Å². The Bertz CT molecular complexity index is 710. The lowest BCUT2D eigenvalue weighted by Crippen LogP contribution is -2.48. The van der Waals surface area contributed by atoms with E-state index in [1.165, 1.54) is 24.8 Å². The predicted octanol–water partition coefficient (Wildman–Crippen LogP) is 4.00. The monoisotopic (exact) mass is 381 g/mol. The van der Waals surface area contributed by atoms with Crippen LogP contribution in [0.2, 0.25) is 0 Å². The largest absolute Gasteiger partial charge is 0.494 e. The average Bonchev–Trinajstić information content (AvgIpc) is 2.75. The number of nitrogens with zero attached hydrogens (tertiary/aromatic N) is 3. The average molecular weight is 382 g/mol. The molecule has 1 amide bonds. The van der Waals surface area contributed by atoms with E-state index in [0.29, 0.717) is 0 Å². The minimum Gasteiger partial charge on any atom is -0.494 e. The van der Waals surface area contributed by atoms with E-state index < -0.39 is 0 Å². The first-order valence-electron chi connectivity index (χ1n) is 10.4. The Morgan fingerprint density at radius 2 is 1.68 bits per heavy atom. The van der Waals surface area contributed by atoms with Crippen molar-refractivity contribution in [2.45, 2.75) is 39.2 Å². The van der Waals surface area contributed by atoms with Crippen LogP contribution in [0.3, 0.4) is 0 Å². The number of unbranched alkanes of at least 4 members (excludes halogenated alkanes) is 3. The molecule has 2 heterocycles.